The number of hydrogen-bond donors (Lipinski definition) is 0. The van der Waals surface area contributed by atoms with E-state index in [0.29, 0.717) is 5.92 Å². The lowest BCUT2D eigenvalue weighted by molar-refractivity contribution is 0.866. The minimum Gasteiger partial charge on any atom is -0.267 e. The van der Waals surface area contributed by atoms with Crippen molar-refractivity contribution in [3.05, 3.63) is 74.5 Å². The maximum Gasteiger partial charge on any atom is 0.274 e. The van der Waals surface area contributed by atoms with E-state index in [-0.39, 0.29) is 5.56 Å². The van der Waals surface area contributed by atoms with Crippen molar-refractivity contribution in [1.82, 2.24) is 9.38 Å². The monoisotopic (exact) mass is 320 g/mol. The number of aromatic nitrogens is 2. The van der Waals surface area contributed by atoms with Gasteiger partial charge in [-0.3, -0.25) is 4.79 Å². The quantitative estimate of drug-likeness (QED) is 0.566. The van der Waals surface area contributed by atoms with E-state index in [1.54, 1.807) is 4.40 Å². The summed E-state index contributed by atoms with van der Waals surface area (Å²) in [7, 11) is 0. The van der Waals surface area contributed by atoms with Crippen LogP contribution in [0.2, 0.25) is 0 Å². The number of benzene rings is 2. The molecule has 0 atom stereocenters. The van der Waals surface area contributed by atoms with Gasteiger partial charge in [0.05, 0.1) is 15.6 Å². The van der Waals surface area contributed by atoms with Crippen molar-refractivity contribution in [3.8, 4) is 0 Å². The summed E-state index contributed by atoms with van der Waals surface area (Å²) >= 11 is 1.44. The minimum absolute atomic E-state index is 0.00614. The van der Waals surface area contributed by atoms with E-state index in [1.165, 1.54) is 16.9 Å². The molecule has 2 aromatic carbocycles. The van der Waals surface area contributed by atoms with Crippen molar-refractivity contribution in [3.63, 3.8) is 0 Å². The van der Waals surface area contributed by atoms with Crippen LogP contribution in [0.15, 0.2) is 53.3 Å². The van der Waals surface area contributed by atoms with E-state index in [4.69, 9.17) is 0 Å². The first-order chi connectivity index (χ1) is 11.1. The standard InChI is InChI=1S/C19H16N2OS/c1-12(2)14-9-7-13(8-10-14)11-17-18(22)21-16-6-4-3-5-15(16)20-19(21)23-17/h3-12H,1-2H3/b17-11+. The van der Waals surface area contributed by atoms with Gasteiger partial charge in [0.2, 0.25) is 0 Å². The van der Waals surface area contributed by atoms with Gasteiger partial charge in [-0.1, -0.05) is 61.6 Å². The minimum atomic E-state index is 0.00614. The normalized spacial score (nSPS) is 12.7. The number of imidazole rings is 1. The zero-order chi connectivity index (χ0) is 16.0. The first-order valence-corrected chi connectivity index (χ1v) is 8.47. The van der Waals surface area contributed by atoms with Crippen LogP contribution in [0, 0.1) is 0 Å². The number of nitrogens with zero attached hydrogens (tertiary/aromatic N) is 2. The summed E-state index contributed by atoms with van der Waals surface area (Å²) in [6, 6.07) is 16.1. The third kappa shape index (κ3) is 2.35. The van der Waals surface area contributed by atoms with Gasteiger partial charge in [0.1, 0.15) is 0 Å². The van der Waals surface area contributed by atoms with Crippen LogP contribution in [0.1, 0.15) is 30.9 Å². The Morgan fingerprint density at radius 3 is 2.57 bits per heavy atom. The number of fused-ring (bicyclic) bond motifs is 3. The second-order valence-corrected chi connectivity index (χ2v) is 6.96. The molecule has 0 bridgehead atoms. The molecular formula is C19H16N2OS. The predicted molar refractivity (Wildman–Crippen MR) is 96.2 cm³/mol. The molecule has 0 fully saturated rings. The van der Waals surface area contributed by atoms with Crippen LogP contribution < -0.4 is 10.1 Å². The highest BCUT2D eigenvalue weighted by atomic mass is 32.1. The Morgan fingerprint density at radius 2 is 1.83 bits per heavy atom. The topological polar surface area (TPSA) is 34.4 Å². The van der Waals surface area contributed by atoms with Crippen LogP contribution in [0.3, 0.4) is 0 Å². The van der Waals surface area contributed by atoms with E-state index in [2.05, 4.69) is 43.1 Å². The molecule has 0 amide bonds. The van der Waals surface area contributed by atoms with Gasteiger partial charge in [0.25, 0.3) is 5.56 Å². The fourth-order valence-electron chi connectivity index (χ4n) is 2.74. The molecule has 23 heavy (non-hydrogen) atoms. The molecule has 114 valence electrons. The molecule has 4 aromatic rings. The summed E-state index contributed by atoms with van der Waals surface area (Å²) in [6.07, 6.45) is 1.94. The van der Waals surface area contributed by atoms with Gasteiger partial charge in [-0.2, -0.15) is 0 Å². The molecule has 4 heteroatoms. The van der Waals surface area contributed by atoms with Crippen molar-refractivity contribution < 1.29 is 0 Å². The largest absolute Gasteiger partial charge is 0.274 e. The maximum atomic E-state index is 12.7. The molecule has 4 rings (SSSR count). The van der Waals surface area contributed by atoms with Crippen LogP contribution in [-0.4, -0.2) is 9.38 Å². The first kappa shape index (κ1) is 14.2. The van der Waals surface area contributed by atoms with Crippen molar-refractivity contribution in [2.24, 2.45) is 0 Å². The Morgan fingerprint density at radius 1 is 1.09 bits per heavy atom. The fraction of sp³-hybridized carbons (Fsp3) is 0.158. The lowest BCUT2D eigenvalue weighted by Gasteiger charge is -2.04. The summed E-state index contributed by atoms with van der Waals surface area (Å²) in [6.45, 7) is 4.35. The zero-order valence-corrected chi connectivity index (χ0v) is 13.8. The lowest BCUT2D eigenvalue weighted by atomic mass is 10.0. The summed E-state index contributed by atoms with van der Waals surface area (Å²) in [5.41, 5.74) is 4.09. The molecule has 0 saturated heterocycles. The van der Waals surface area contributed by atoms with Gasteiger partial charge in [-0.25, -0.2) is 9.38 Å². The van der Waals surface area contributed by atoms with Crippen LogP contribution in [-0.2, 0) is 0 Å². The van der Waals surface area contributed by atoms with E-state index in [9.17, 15) is 4.79 Å². The molecule has 0 unspecified atom stereocenters. The van der Waals surface area contributed by atoms with Gasteiger partial charge in [0.15, 0.2) is 4.96 Å². The van der Waals surface area contributed by atoms with Crippen molar-refractivity contribution in [1.29, 1.82) is 0 Å². The second-order valence-electron chi connectivity index (χ2n) is 5.96. The lowest BCUT2D eigenvalue weighted by Crippen LogP contribution is -2.22. The van der Waals surface area contributed by atoms with Gasteiger partial charge in [-0.15, -0.1) is 0 Å². The van der Waals surface area contributed by atoms with E-state index < -0.39 is 0 Å². The smallest absolute Gasteiger partial charge is 0.267 e. The van der Waals surface area contributed by atoms with Crippen molar-refractivity contribution in [2.45, 2.75) is 19.8 Å². The molecule has 0 aliphatic carbocycles. The molecule has 3 nitrogen and oxygen atoms in total. The number of thiazole rings is 1. The second kappa shape index (κ2) is 5.32. The first-order valence-electron chi connectivity index (χ1n) is 7.65. The molecule has 2 aromatic heterocycles. The summed E-state index contributed by atoms with van der Waals surface area (Å²) < 4.78 is 2.42. The number of rotatable bonds is 2. The maximum absolute atomic E-state index is 12.7. The van der Waals surface area contributed by atoms with Gasteiger partial charge < -0.3 is 0 Å². The van der Waals surface area contributed by atoms with Crippen LogP contribution in [0.4, 0.5) is 0 Å². The summed E-state index contributed by atoms with van der Waals surface area (Å²) in [5, 5.41) is 0. The highest BCUT2D eigenvalue weighted by Gasteiger charge is 2.10. The molecule has 0 radical (unpaired) electrons. The predicted octanol–water partition coefficient (Wildman–Crippen LogP) is 3.58. The fourth-order valence-corrected chi connectivity index (χ4v) is 3.73. The van der Waals surface area contributed by atoms with E-state index >= 15 is 0 Å². The van der Waals surface area contributed by atoms with Gasteiger partial charge >= 0.3 is 0 Å². The van der Waals surface area contributed by atoms with E-state index in [1.807, 2.05) is 30.3 Å². The molecule has 2 heterocycles. The molecule has 0 saturated carbocycles. The van der Waals surface area contributed by atoms with Crippen LogP contribution in [0.25, 0.3) is 22.1 Å². The Kier molecular flexibility index (Phi) is 3.27. The molecular weight excluding hydrogens is 304 g/mol. The Labute approximate surface area is 137 Å². The van der Waals surface area contributed by atoms with Gasteiger partial charge in [0, 0.05) is 0 Å². The molecule has 0 aliphatic heterocycles. The third-order valence-electron chi connectivity index (χ3n) is 4.05. The summed E-state index contributed by atoms with van der Waals surface area (Å²) in [5.74, 6) is 0.510. The highest BCUT2D eigenvalue weighted by Crippen LogP contribution is 2.17. The van der Waals surface area contributed by atoms with Crippen molar-refractivity contribution in [2.75, 3.05) is 0 Å². The molecule has 0 N–H and O–H groups in total. The van der Waals surface area contributed by atoms with Crippen LogP contribution in [0.5, 0.6) is 0 Å². The van der Waals surface area contributed by atoms with Gasteiger partial charge in [-0.05, 0) is 35.3 Å². The Balaban J connectivity index is 1.88. The average molecular weight is 320 g/mol. The number of para-hydroxylation sites is 2. The van der Waals surface area contributed by atoms with Crippen LogP contribution >= 0.6 is 11.3 Å². The summed E-state index contributed by atoms with van der Waals surface area (Å²) in [4.78, 5) is 18.0. The Hall–Kier alpha value is -2.46. The number of hydrogen-bond acceptors (Lipinski definition) is 3. The highest BCUT2D eigenvalue weighted by molar-refractivity contribution is 7.15. The Bertz CT molecular complexity index is 1100. The SMILES string of the molecule is CC(C)c1ccc(/C=c2/sc3nc4ccccc4n3c2=O)cc1. The van der Waals surface area contributed by atoms with E-state index in [0.717, 1.165) is 26.1 Å². The molecule has 0 aliphatic rings. The zero-order valence-electron chi connectivity index (χ0n) is 13.0. The molecule has 0 spiro atoms. The third-order valence-corrected chi connectivity index (χ3v) is 5.01. The van der Waals surface area contributed by atoms with Crippen molar-refractivity contribution >= 4 is 33.4 Å². The average Bonchev–Trinajstić information content (AvgIpc) is 3.05.